The molecule has 0 saturated carbocycles. The van der Waals surface area contributed by atoms with Crippen molar-refractivity contribution < 1.29 is 8.78 Å². The number of aromatic nitrogens is 2. The molecule has 0 aliphatic rings. The van der Waals surface area contributed by atoms with Gasteiger partial charge < -0.3 is 9.88 Å². The van der Waals surface area contributed by atoms with Gasteiger partial charge in [0.25, 0.3) is 0 Å². The van der Waals surface area contributed by atoms with Crippen molar-refractivity contribution in [2.75, 3.05) is 5.32 Å². The van der Waals surface area contributed by atoms with E-state index < -0.39 is 11.6 Å². The predicted octanol–water partition coefficient (Wildman–Crippen LogP) is 3.93. The van der Waals surface area contributed by atoms with Gasteiger partial charge in [0.1, 0.15) is 11.6 Å². The highest BCUT2D eigenvalue weighted by atomic mass is 19.1. The van der Waals surface area contributed by atoms with E-state index in [1.165, 1.54) is 13.0 Å². The van der Waals surface area contributed by atoms with Gasteiger partial charge in [-0.25, -0.2) is 13.8 Å². The van der Waals surface area contributed by atoms with Crippen molar-refractivity contribution in [2.45, 2.75) is 33.7 Å². The standard InChI is InChI=1S/C14H17F2N3/c1-4-5-19-8-10(3)17-14(19)18-13-7-11(15)9(2)6-12(13)16/h6-8H,4-5H2,1-3H3,(H,17,18). The zero-order valence-corrected chi connectivity index (χ0v) is 11.3. The number of aryl methyl sites for hydroxylation is 3. The first-order chi connectivity index (χ1) is 9.01. The topological polar surface area (TPSA) is 29.9 Å². The van der Waals surface area contributed by atoms with Crippen molar-refractivity contribution in [2.24, 2.45) is 0 Å². The summed E-state index contributed by atoms with van der Waals surface area (Å²) in [5.74, 6) is -0.390. The second-order valence-electron chi connectivity index (χ2n) is 4.61. The lowest BCUT2D eigenvalue weighted by molar-refractivity contribution is 0.595. The molecule has 2 rings (SSSR count). The van der Waals surface area contributed by atoms with E-state index in [0.29, 0.717) is 5.95 Å². The summed E-state index contributed by atoms with van der Waals surface area (Å²) in [6, 6.07) is 2.34. The van der Waals surface area contributed by atoms with Crippen LogP contribution in [0.5, 0.6) is 0 Å². The molecule has 0 saturated heterocycles. The Balaban J connectivity index is 2.33. The highest BCUT2D eigenvalue weighted by Gasteiger charge is 2.11. The molecule has 0 unspecified atom stereocenters. The second-order valence-corrected chi connectivity index (χ2v) is 4.61. The SMILES string of the molecule is CCCn1cc(C)nc1Nc1cc(F)c(C)cc1F. The molecular formula is C14H17F2N3. The van der Waals surface area contributed by atoms with Crippen LogP contribution in [-0.4, -0.2) is 9.55 Å². The summed E-state index contributed by atoms with van der Waals surface area (Å²) in [7, 11) is 0. The van der Waals surface area contributed by atoms with Gasteiger partial charge in [-0.1, -0.05) is 6.92 Å². The van der Waals surface area contributed by atoms with Crippen molar-refractivity contribution in [3.63, 3.8) is 0 Å². The van der Waals surface area contributed by atoms with Gasteiger partial charge in [-0.2, -0.15) is 0 Å². The molecule has 0 amide bonds. The summed E-state index contributed by atoms with van der Waals surface area (Å²) < 4.78 is 29.2. The molecule has 1 N–H and O–H groups in total. The zero-order valence-electron chi connectivity index (χ0n) is 11.3. The van der Waals surface area contributed by atoms with Gasteiger partial charge in [0.05, 0.1) is 11.4 Å². The molecule has 2 aromatic rings. The molecule has 0 atom stereocenters. The van der Waals surface area contributed by atoms with E-state index in [4.69, 9.17) is 0 Å². The van der Waals surface area contributed by atoms with Gasteiger partial charge >= 0.3 is 0 Å². The molecule has 0 radical (unpaired) electrons. The largest absolute Gasteiger partial charge is 0.323 e. The number of benzene rings is 1. The third-order valence-corrected chi connectivity index (χ3v) is 2.86. The maximum atomic E-state index is 13.8. The van der Waals surface area contributed by atoms with E-state index in [9.17, 15) is 8.78 Å². The fourth-order valence-electron chi connectivity index (χ4n) is 1.92. The van der Waals surface area contributed by atoms with Crippen LogP contribution >= 0.6 is 0 Å². The van der Waals surface area contributed by atoms with Gasteiger partial charge in [-0.3, -0.25) is 0 Å². The van der Waals surface area contributed by atoms with Crippen LogP contribution in [0, 0.1) is 25.5 Å². The van der Waals surface area contributed by atoms with Gasteiger partial charge in [-0.05, 0) is 31.9 Å². The maximum absolute atomic E-state index is 13.8. The summed E-state index contributed by atoms with van der Waals surface area (Å²) in [6.07, 6.45) is 2.82. The van der Waals surface area contributed by atoms with E-state index in [2.05, 4.69) is 10.3 Å². The molecule has 0 fully saturated rings. The summed E-state index contributed by atoms with van der Waals surface area (Å²) >= 11 is 0. The van der Waals surface area contributed by atoms with E-state index in [0.717, 1.165) is 24.7 Å². The summed E-state index contributed by atoms with van der Waals surface area (Å²) in [6.45, 7) is 6.22. The molecule has 0 aliphatic carbocycles. The Morgan fingerprint density at radius 3 is 2.63 bits per heavy atom. The minimum Gasteiger partial charge on any atom is -0.323 e. The second kappa shape index (κ2) is 5.38. The highest BCUT2D eigenvalue weighted by molar-refractivity contribution is 5.55. The average Bonchev–Trinajstić information content (AvgIpc) is 2.67. The first-order valence-electron chi connectivity index (χ1n) is 6.27. The van der Waals surface area contributed by atoms with Crippen molar-refractivity contribution in [1.29, 1.82) is 0 Å². The van der Waals surface area contributed by atoms with E-state index in [1.807, 2.05) is 24.6 Å². The van der Waals surface area contributed by atoms with Crippen LogP contribution < -0.4 is 5.32 Å². The number of halogens is 2. The smallest absolute Gasteiger partial charge is 0.207 e. The number of imidazole rings is 1. The summed E-state index contributed by atoms with van der Waals surface area (Å²) in [4.78, 5) is 4.28. The number of hydrogen-bond donors (Lipinski definition) is 1. The first-order valence-corrected chi connectivity index (χ1v) is 6.27. The number of nitrogens with one attached hydrogen (secondary N) is 1. The van der Waals surface area contributed by atoms with Crippen LogP contribution in [0.1, 0.15) is 24.6 Å². The van der Waals surface area contributed by atoms with Crippen LogP contribution in [-0.2, 0) is 6.54 Å². The lowest BCUT2D eigenvalue weighted by atomic mass is 10.2. The highest BCUT2D eigenvalue weighted by Crippen LogP contribution is 2.23. The molecule has 102 valence electrons. The van der Waals surface area contributed by atoms with Crippen molar-refractivity contribution in [1.82, 2.24) is 9.55 Å². The number of hydrogen-bond acceptors (Lipinski definition) is 2. The minimum atomic E-state index is -0.484. The number of anilines is 2. The Bertz CT molecular complexity index is 591. The lowest BCUT2D eigenvalue weighted by Gasteiger charge is -2.10. The molecule has 1 aromatic heterocycles. The van der Waals surface area contributed by atoms with Crippen molar-refractivity contribution in [3.05, 3.63) is 41.2 Å². The first kappa shape index (κ1) is 13.5. The van der Waals surface area contributed by atoms with Gasteiger partial charge in [0, 0.05) is 18.8 Å². The lowest BCUT2D eigenvalue weighted by Crippen LogP contribution is -2.04. The molecule has 0 spiro atoms. The molecule has 3 nitrogen and oxygen atoms in total. The van der Waals surface area contributed by atoms with Crippen LogP contribution in [0.2, 0.25) is 0 Å². The van der Waals surface area contributed by atoms with E-state index in [-0.39, 0.29) is 11.3 Å². The predicted molar refractivity (Wildman–Crippen MR) is 71.6 cm³/mol. The van der Waals surface area contributed by atoms with Gasteiger partial charge in [0.2, 0.25) is 5.95 Å². The monoisotopic (exact) mass is 265 g/mol. The molecule has 0 bridgehead atoms. The fourth-order valence-corrected chi connectivity index (χ4v) is 1.92. The van der Waals surface area contributed by atoms with Crippen molar-refractivity contribution in [3.8, 4) is 0 Å². The summed E-state index contributed by atoms with van der Waals surface area (Å²) in [5, 5.41) is 2.85. The van der Waals surface area contributed by atoms with Crippen LogP contribution in [0.3, 0.4) is 0 Å². The third kappa shape index (κ3) is 2.92. The normalized spacial score (nSPS) is 10.8. The minimum absolute atomic E-state index is 0.103. The molecule has 5 heteroatoms. The zero-order chi connectivity index (χ0) is 14.0. The molecular weight excluding hydrogens is 248 g/mol. The third-order valence-electron chi connectivity index (χ3n) is 2.86. The molecule has 0 aliphatic heterocycles. The van der Waals surface area contributed by atoms with Crippen LogP contribution in [0.4, 0.5) is 20.4 Å². The van der Waals surface area contributed by atoms with Crippen molar-refractivity contribution >= 4 is 11.6 Å². The van der Waals surface area contributed by atoms with Gasteiger partial charge in [-0.15, -0.1) is 0 Å². The quantitative estimate of drug-likeness (QED) is 0.907. The van der Waals surface area contributed by atoms with Crippen LogP contribution in [0.25, 0.3) is 0 Å². The fraction of sp³-hybridized carbons (Fsp3) is 0.357. The Morgan fingerprint density at radius 2 is 1.95 bits per heavy atom. The number of nitrogens with zero attached hydrogens (tertiary/aromatic N) is 2. The molecule has 19 heavy (non-hydrogen) atoms. The Kier molecular flexibility index (Phi) is 3.83. The molecule has 1 aromatic carbocycles. The summed E-state index contributed by atoms with van der Waals surface area (Å²) in [5.41, 5.74) is 1.23. The Labute approximate surface area is 111 Å². The van der Waals surface area contributed by atoms with Gasteiger partial charge in [0.15, 0.2) is 0 Å². The van der Waals surface area contributed by atoms with E-state index in [1.54, 1.807) is 0 Å². The Hall–Kier alpha value is -1.91. The molecule has 1 heterocycles. The van der Waals surface area contributed by atoms with E-state index >= 15 is 0 Å². The maximum Gasteiger partial charge on any atom is 0.207 e. The Morgan fingerprint density at radius 1 is 1.21 bits per heavy atom. The number of rotatable bonds is 4. The average molecular weight is 265 g/mol. The van der Waals surface area contributed by atoms with Crippen LogP contribution in [0.15, 0.2) is 18.3 Å².